The van der Waals surface area contributed by atoms with Gasteiger partial charge in [-0.1, -0.05) is 12.1 Å². The van der Waals surface area contributed by atoms with Gasteiger partial charge in [-0.25, -0.2) is 13.4 Å². The number of nitrogens with zero attached hydrogens (tertiary/aromatic N) is 4. The summed E-state index contributed by atoms with van der Waals surface area (Å²) in [5.74, 6) is 0.274. The first kappa shape index (κ1) is 13.0. The molecule has 0 spiro atoms. The molecule has 110 valence electrons. The Morgan fingerprint density at radius 1 is 1.23 bits per heavy atom. The minimum absolute atomic E-state index is 0.274. The van der Waals surface area contributed by atoms with Crippen LogP contribution in [0.3, 0.4) is 0 Å². The topological polar surface area (TPSA) is 103 Å². The molecule has 8 heteroatoms. The first-order chi connectivity index (χ1) is 10.5. The van der Waals surface area contributed by atoms with Crippen molar-refractivity contribution in [2.45, 2.75) is 11.8 Å². The summed E-state index contributed by atoms with van der Waals surface area (Å²) in [5.41, 5.74) is 8.40. The molecule has 0 bridgehead atoms. The zero-order valence-corrected chi connectivity index (χ0v) is 12.4. The highest BCUT2D eigenvalue weighted by molar-refractivity contribution is 7.95. The van der Waals surface area contributed by atoms with E-state index in [0.717, 1.165) is 5.56 Å². The second kappa shape index (κ2) is 4.14. The number of sulfone groups is 1. The molecule has 3 heterocycles. The van der Waals surface area contributed by atoms with Gasteiger partial charge in [0.15, 0.2) is 5.65 Å². The van der Waals surface area contributed by atoms with Crippen molar-refractivity contribution >= 4 is 27.5 Å². The highest BCUT2D eigenvalue weighted by atomic mass is 32.2. The second-order valence-corrected chi connectivity index (χ2v) is 7.12. The molecular weight excluding hydrogens is 302 g/mol. The van der Waals surface area contributed by atoms with Crippen LogP contribution in [0.2, 0.25) is 0 Å². The molecule has 4 rings (SSSR count). The second-order valence-electron chi connectivity index (χ2n) is 5.03. The van der Waals surface area contributed by atoms with E-state index in [9.17, 15) is 8.42 Å². The van der Waals surface area contributed by atoms with Gasteiger partial charge in [0.25, 0.3) is 0 Å². The summed E-state index contributed by atoms with van der Waals surface area (Å²) in [5, 5.41) is 7.90. The minimum atomic E-state index is -3.39. The molecule has 0 atom stereocenters. The first-order valence-corrected chi connectivity index (χ1v) is 7.99. The zero-order valence-electron chi connectivity index (χ0n) is 11.6. The predicted molar refractivity (Wildman–Crippen MR) is 81.5 cm³/mol. The van der Waals surface area contributed by atoms with Crippen LogP contribution in [0.25, 0.3) is 22.9 Å². The summed E-state index contributed by atoms with van der Waals surface area (Å²) in [6.07, 6.45) is 4.73. The summed E-state index contributed by atoms with van der Waals surface area (Å²) in [6, 6.07) is 5.15. The fourth-order valence-electron chi connectivity index (χ4n) is 2.64. The van der Waals surface area contributed by atoms with Crippen molar-refractivity contribution in [2.75, 3.05) is 5.73 Å². The van der Waals surface area contributed by atoms with Crippen LogP contribution in [0.15, 0.2) is 40.5 Å². The van der Waals surface area contributed by atoms with Crippen LogP contribution < -0.4 is 5.73 Å². The van der Waals surface area contributed by atoms with E-state index in [1.165, 1.54) is 6.33 Å². The summed E-state index contributed by atoms with van der Waals surface area (Å²) >= 11 is 0. The third-order valence-electron chi connectivity index (χ3n) is 3.78. The van der Waals surface area contributed by atoms with Gasteiger partial charge in [-0.2, -0.15) is 0 Å². The van der Waals surface area contributed by atoms with Crippen molar-refractivity contribution < 1.29 is 8.42 Å². The van der Waals surface area contributed by atoms with Crippen molar-refractivity contribution in [3.8, 4) is 11.1 Å². The highest BCUT2D eigenvalue weighted by Crippen LogP contribution is 2.39. The van der Waals surface area contributed by atoms with E-state index in [-0.39, 0.29) is 5.95 Å². The molecule has 0 saturated heterocycles. The van der Waals surface area contributed by atoms with E-state index in [0.29, 0.717) is 26.6 Å². The van der Waals surface area contributed by atoms with Crippen LogP contribution in [-0.2, 0) is 9.84 Å². The molecule has 0 amide bonds. The molecule has 3 aromatic rings. The number of nitrogens with two attached hydrogens (primary N) is 1. The highest BCUT2D eigenvalue weighted by Gasteiger charge is 2.29. The van der Waals surface area contributed by atoms with Crippen molar-refractivity contribution in [3.63, 3.8) is 0 Å². The van der Waals surface area contributed by atoms with Gasteiger partial charge >= 0.3 is 0 Å². The predicted octanol–water partition coefficient (Wildman–Crippen LogP) is 1.52. The lowest BCUT2D eigenvalue weighted by molar-refractivity contribution is 0.603. The maximum atomic E-state index is 12.3. The fourth-order valence-corrected chi connectivity index (χ4v) is 3.98. The lowest BCUT2D eigenvalue weighted by Crippen LogP contribution is -2.02. The molecule has 0 saturated carbocycles. The monoisotopic (exact) mass is 313 g/mol. The minimum Gasteiger partial charge on any atom is -0.369 e. The van der Waals surface area contributed by atoms with Gasteiger partial charge in [0.1, 0.15) is 6.33 Å². The molecular formula is C14H11N5O2S. The number of rotatable bonds is 1. The Morgan fingerprint density at radius 3 is 2.86 bits per heavy atom. The Balaban J connectivity index is 2.09. The Labute approximate surface area is 126 Å². The summed E-state index contributed by atoms with van der Waals surface area (Å²) in [6.45, 7) is 1.59. The molecule has 0 aliphatic carbocycles. The number of aromatic nitrogens is 4. The van der Waals surface area contributed by atoms with Gasteiger partial charge in [-0.05, 0) is 24.6 Å². The van der Waals surface area contributed by atoms with E-state index in [1.54, 1.807) is 35.7 Å². The SMILES string of the molecule is CC1=Cc2c(-c3cnc(N)n4cnnc34)cccc2S1(=O)=O. The maximum absolute atomic E-state index is 12.3. The van der Waals surface area contributed by atoms with Gasteiger partial charge in [0, 0.05) is 22.2 Å². The van der Waals surface area contributed by atoms with Crippen LogP contribution in [0.5, 0.6) is 0 Å². The van der Waals surface area contributed by atoms with Gasteiger partial charge in [0.05, 0.1) is 4.90 Å². The van der Waals surface area contributed by atoms with E-state index in [1.807, 2.05) is 6.07 Å². The van der Waals surface area contributed by atoms with E-state index >= 15 is 0 Å². The lowest BCUT2D eigenvalue weighted by atomic mass is 10.0. The van der Waals surface area contributed by atoms with Gasteiger partial charge < -0.3 is 5.73 Å². The average molecular weight is 313 g/mol. The van der Waals surface area contributed by atoms with Crippen LogP contribution in [-0.4, -0.2) is 28.0 Å². The molecule has 7 nitrogen and oxygen atoms in total. The fraction of sp³-hybridized carbons (Fsp3) is 0.0714. The molecule has 0 radical (unpaired) electrons. The van der Waals surface area contributed by atoms with Crippen molar-refractivity contribution in [3.05, 3.63) is 41.2 Å². The smallest absolute Gasteiger partial charge is 0.207 e. The number of allylic oxidation sites excluding steroid dienone is 1. The van der Waals surface area contributed by atoms with Crippen molar-refractivity contribution in [1.29, 1.82) is 0 Å². The molecule has 1 aliphatic rings. The maximum Gasteiger partial charge on any atom is 0.207 e. The van der Waals surface area contributed by atoms with Crippen LogP contribution >= 0.6 is 0 Å². The standard InChI is InChI=1S/C14H11N5O2S/c1-8-5-10-9(3-2-4-12(10)22(8,20)21)11-6-16-14(15)19-7-17-18-13(11)19/h2-7H,1H3,(H2,15,16). The van der Waals surface area contributed by atoms with Gasteiger partial charge in [0.2, 0.25) is 15.8 Å². The Hall–Kier alpha value is -2.74. The number of anilines is 1. The molecule has 0 unspecified atom stereocenters. The molecule has 1 aliphatic heterocycles. The van der Waals surface area contributed by atoms with Crippen LogP contribution in [0.1, 0.15) is 12.5 Å². The first-order valence-electron chi connectivity index (χ1n) is 6.51. The average Bonchev–Trinajstić information content (AvgIpc) is 3.05. The van der Waals surface area contributed by atoms with E-state index in [2.05, 4.69) is 15.2 Å². The summed E-state index contributed by atoms with van der Waals surface area (Å²) in [4.78, 5) is 4.76. The normalized spacial score (nSPS) is 15.8. The van der Waals surface area contributed by atoms with E-state index < -0.39 is 9.84 Å². The number of nitrogen functional groups attached to an aromatic ring is 1. The van der Waals surface area contributed by atoms with Gasteiger partial charge in [-0.3, -0.25) is 4.40 Å². The van der Waals surface area contributed by atoms with Crippen LogP contribution in [0.4, 0.5) is 5.95 Å². The third kappa shape index (κ3) is 1.55. The summed E-state index contributed by atoms with van der Waals surface area (Å²) in [7, 11) is -3.39. The summed E-state index contributed by atoms with van der Waals surface area (Å²) < 4.78 is 26.2. The number of benzene rings is 1. The Kier molecular flexibility index (Phi) is 2.44. The number of fused-ring (bicyclic) bond motifs is 2. The van der Waals surface area contributed by atoms with Crippen LogP contribution in [0, 0.1) is 0 Å². The lowest BCUT2D eigenvalue weighted by Gasteiger charge is -2.08. The Bertz CT molecular complexity index is 1070. The zero-order chi connectivity index (χ0) is 15.5. The third-order valence-corrected chi connectivity index (χ3v) is 5.68. The molecule has 2 N–H and O–H groups in total. The quantitative estimate of drug-likeness (QED) is 0.730. The molecule has 22 heavy (non-hydrogen) atoms. The van der Waals surface area contributed by atoms with Crippen molar-refractivity contribution in [2.24, 2.45) is 0 Å². The molecule has 0 fully saturated rings. The molecule has 2 aromatic heterocycles. The van der Waals surface area contributed by atoms with E-state index in [4.69, 9.17) is 5.73 Å². The molecule has 1 aromatic carbocycles. The van der Waals surface area contributed by atoms with Gasteiger partial charge in [-0.15, -0.1) is 10.2 Å². The largest absolute Gasteiger partial charge is 0.369 e. The number of hydrogen-bond donors (Lipinski definition) is 1. The van der Waals surface area contributed by atoms with Crippen molar-refractivity contribution in [1.82, 2.24) is 19.6 Å². The Morgan fingerprint density at radius 2 is 2.05 bits per heavy atom. The number of hydrogen-bond acceptors (Lipinski definition) is 6.